The van der Waals surface area contributed by atoms with E-state index >= 15 is 0 Å². The quantitative estimate of drug-likeness (QED) is 0.178. The molecule has 0 aromatic heterocycles. The van der Waals surface area contributed by atoms with Crippen molar-refractivity contribution in [3.8, 4) is 0 Å². The molecule has 0 aliphatic rings. The summed E-state index contributed by atoms with van der Waals surface area (Å²) < 4.78 is 29.8. The molecule has 0 bridgehead atoms. The zero-order valence-corrected chi connectivity index (χ0v) is 27.2. The first-order valence-corrected chi connectivity index (χ1v) is 16.5. The van der Waals surface area contributed by atoms with E-state index in [0.29, 0.717) is 11.6 Å². The molecule has 4 aromatic rings. The van der Waals surface area contributed by atoms with E-state index in [4.69, 9.17) is 23.2 Å². The first-order chi connectivity index (χ1) is 20.6. The minimum absolute atomic E-state index is 0.0167. The van der Waals surface area contributed by atoms with Gasteiger partial charge in [0.2, 0.25) is 11.8 Å². The molecule has 0 aliphatic heterocycles. The van der Waals surface area contributed by atoms with E-state index in [1.54, 1.807) is 25.1 Å². The second kappa shape index (κ2) is 14.9. The van der Waals surface area contributed by atoms with Crippen LogP contribution in [0.1, 0.15) is 18.1 Å². The van der Waals surface area contributed by atoms with Gasteiger partial charge in [0.05, 0.1) is 15.6 Å². The minimum Gasteiger partial charge on any atom is -0.355 e. The largest absolute Gasteiger partial charge is 0.355 e. The van der Waals surface area contributed by atoms with Crippen LogP contribution in [0, 0.1) is 0 Å². The maximum atomic E-state index is 14.4. The second-order valence-corrected chi connectivity index (χ2v) is 13.3. The number of nitrogens with zero attached hydrogens (tertiary/aromatic N) is 2. The van der Waals surface area contributed by atoms with Crippen LogP contribution in [0.4, 0.5) is 5.69 Å². The predicted octanol–water partition coefficient (Wildman–Crippen LogP) is 6.73. The molecule has 2 amide bonds. The van der Waals surface area contributed by atoms with Gasteiger partial charge in [0.1, 0.15) is 12.6 Å². The van der Waals surface area contributed by atoms with Crippen LogP contribution in [0.2, 0.25) is 10.0 Å². The molecular weight excluding hydrogens is 673 g/mol. The van der Waals surface area contributed by atoms with Crippen molar-refractivity contribution in [1.29, 1.82) is 0 Å². The van der Waals surface area contributed by atoms with Gasteiger partial charge in [0, 0.05) is 29.0 Å². The summed E-state index contributed by atoms with van der Waals surface area (Å²) in [4.78, 5) is 29.3. The number of hydrogen-bond acceptors (Lipinski definition) is 4. The van der Waals surface area contributed by atoms with E-state index in [9.17, 15) is 18.0 Å². The number of rotatable bonds is 12. The molecule has 1 unspecified atom stereocenters. The lowest BCUT2D eigenvalue weighted by Gasteiger charge is -2.34. The lowest BCUT2D eigenvalue weighted by atomic mass is 10.0. The molecule has 4 rings (SSSR count). The maximum Gasteiger partial charge on any atom is 0.264 e. The van der Waals surface area contributed by atoms with Crippen molar-refractivity contribution in [1.82, 2.24) is 10.2 Å². The number of nitrogens with one attached hydrogen (secondary N) is 1. The fourth-order valence-corrected chi connectivity index (χ4v) is 7.06. The molecule has 0 saturated carbocycles. The molecular formula is C32H30BrCl2N3O4S. The Labute approximate surface area is 270 Å². The summed E-state index contributed by atoms with van der Waals surface area (Å²) in [7, 11) is -4.26. The first-order valence-electron chi connectivity index (χ1n) is 13.5. The van der Waals surface area contributed by atoms with Crippen LogP contribution in [0.3, 0.4) is 0 Å². The maximum absolute atomic E-state index is 14.4. The highest BCUT2D eigenvalue weighted by Gasteiger charge is 2.35. The summed E-state index contributed by atoms with van der Waals surface area (Å²) in [5.74, 6) is -0.936. The summed E-state index contributed by atoms with van der Waals surface area (Å²) in [6, 6.07) is 28.0. The van der Waals surface area contributed by atoms with Gasteiger partial charge in [-0.05, 0) is 60.5 Å². The van der Waals surface area contributed by atoms with Gasteiger partial charge in [-0.2, -0.15) is 0 Å². The van der Waals surface area contributed by atoms with Crippen LogP contribution in [-0.4, -0.2) is 44.3 Å². The van der Waals surface area contributed by atoms with E-state index in [-0.39, 0.29) is 34.5 Å². The van der Waals surface area contributed by atoms with Crippen molar-refractivity contribution >= 4 is 66.7 Å². The molecule has 0 saturated heterocycles. The lowest BCUT2D eigenvalue weighted by Crippen LogP contribution is -2.53. The molecule has 224 valence electrons. The van der Waals surface area contributed by atoms with Crippen LogP contribution in [-0.2, 0) is 32.6 Å². The molecule has 7 nitrogen and oxygen atoms in total. The molecule has 0 radical (unpaired) electrons. The van der Waals surface area contributed by atoms with E-state index < -0.39 is 28.5 Å². The van der Waals surface area contributed by atoms with Gasteiger partial charge in [0.15, 0.2) is 0 Å². The molecule has 11 heteroatoms. The number of hydrogen-bond donors (Lipinski definition) is 1. The first kappa shape index (κ1) is 32.5. The molecule has 0 spiro atoms. The van der Waals surface area contributed by atoms with Crippen molar-refractivity contribution < 1.29 is 18.0 Å². The third kappa shape index (κ3) is 8.38. The Morgan fingerprint density at radius 1 is 0.860 bits per heavy atom. The lowest BCUT2D eigenvalue weighted by molar-refractivity contribution is -0.140. The van der Waals surface area contributed by atoms with Gasteiger partial charge in [0.25, 0.3) is 10.0 Å². The van der Waals surface area contributed by atoms with Crippen LogP contribution < -0.4 is 9.62 Å². The number of sulfonamides is 1. The highest BCUT2D eigenvalue weighted by molar-refractivity contribution is 9.10. The van der Waals surface area contributed by atoms with Crippen molar-refractivity contribution in [3.63, 3.8) is 0 Å². The van der Waals surface area contributed by atoms with E-state index in [1.807, 2.05) is 54.6 Å². The number of carbonyl (C=O) groups excluding carboxylic acids is 2. The van der Waals surface area contributed by atoms with E-state index in [0.717, 1.165) is 19.9 Å². The minimum atomic E-state index is -4.26. The number of amides is 2. The summed E-state index contributed by atoms with van der Waals surface area (Å²) >= 11 is 16.1. The van der Waals surface area contributed by atoms with Crippen LogP contribution >= 0.6 is 39.1 Å². The smallest absolute Gasteiger partial charge is 0.264 e. The van der Waals surface area contributed by atoms with Crippen molar-refractivity contribution in [3.05, 3.63) is 129 Å². The monoisotopic (exact) mass is 701 g/mol. The van der Waals surface area contributed by atoms with Crippen molar-refractivity contribution in [2.45, 2.75) is 30.8 Å². The van der Waals surface area contributed by atoms with Crippen molar-refractivity contribution in [2.24, 2.45) is 0 Å². The highest BCUT2D eigenvalue weighted by Crippen LogP contribution is 2.33. The normalized spacial score (nSPS) is 11.9. The highest BCUT2D eigenvalue weighted by atomic mass is 79.9. The number of halogens is 3. The zero-order chi connectivity index (χ0) is 31.0. The number of carbonyl (C=O) groups is 2. The topological polar surface area (TPSA) is 86.8 Å². The van der Waals surface area contributed by atoms with Gasteiger partial charge >= 0.3 is 0 Å². The Kier molecular flexibility index (Phi) is 11.3. The molecule has 1 atom stereocenters. The third-order valence-corrected chi connectivity index (χ3v) is 9.46. The number of benzene rings is 4. The predicted molar refractivity (Wildman–Crippen MR) is 175 cm³/mol. The van der Waals surface area contributed by atoms with Gasteiger partial charge in [-0.25, -0.2) is 8.42 Å². The molecule has 0 aliphatic carbocycles. The van der Waals surface area contributed by atoms with E-state index in [2.05, 4.69) is 21.2 Å². The van der Waals surface area contributed by atoms with Gasteiger partial charge in [-0.1, -0.05) is 99.8 Å². The number of anilines is 1. The van der Waals surface area contributed by atoms with Gasteiger partial charge < -0.3 is 10.2 Å². The van der Waals surface area contributed by atoms with Crippen LogP contribution in [0.15, 0.2) is 112 Å². The van der Waals surface area contributed by atoms with Gasteiger partial charge in [-0.15, -0.1) is 0 Å². The standard InChI is InChI=1S/C32H30BrCl2N3O4S/c1-2-36-32(40)30(19-23-10-5-3-6-11-23)37(21-24-12-9-13-25(33)18-24)31(39)22-38(29-17-16-26(34)20-28(29)35)43(41,42)27-14-7-4-8-15-27/h3-18,20,30H,2,19,21-22H2,1H3,(H,36,40). The Balaban J connectivity index is 1.81. The summed E-state index contributed by atoms with van der Waals surface area (Å²) in [5.41, 5.74) is 1.69. The molecule has 0 fully saturated rings. The fraction of sp³-hybridized carbons (Fsp3) is 0.188. The van der Waals surface area contributed by atoms with Crippen LogP contribution in [0.5, 0.6) is 0 Å². The number of likely N-dealkylation sites (N-methyl/N-ethyl adjacent to an activating group) is 1. The summed E-state index contributed by atoms with van der Waals surface area (Å²) in [5, 5.41) is 3.22. The van der Waals surface area contributed by atoms with Crippen molar-refractivity contribution in [2.75, 3.05) is 17.4 Å². The Bertz CT molecular complexity index is 1670. The summed E-state index contributed by atoms with van der Waals surface area (Å²) in [6.07, 6.45) is 0.222. The molecule has 1 N–H and O–H groups in total. The average Bonchev–Trinajstić information content (AvgIpc) is 2.99. The Morgan fingerprint density at radius 3 is 2.14 bits per heavy atom. The van der Waals surface area contributed by atoms with E-state index in [1.165, 1.54) is 35.2 Å². The molecule has 4 aromatic carbocycles. The van der Waals surface area contributed by atoms with Gasteiger partial charge in [-0.3, -0.25) is 13.9 Å². The Morgan fingerprint density at radius 2 is 1.51 bits per heavy atom. The fourth-order valence-electron chi connectivity index (χ4n) is 4.59. The second-order valence-electron chi connectivity index (χ2n) is 9.67. The third-order valence-electron chi connectivity index (χ3n) is 6.65. The zero-order valence-electron chi connectivity index (χ0n) is 23.3. The Hall–Kier alpha value is -3.37. The van der Waals surface area contributed by atoms with Crippen LogP contribution in [0.25, 0.3) is 0 Å². The molecule has 0 heterocycles. The average molecular weight is 703 g/mol. The molecule has 43 heavy (non-hydrogen) atoms. The summed E-state index contributed by atoms with van der Waals surface area (Å²) in [6.45, 7) is 1.60. The SMILES string of the molecule is CCNC(=O)C(Cc1ccccc1)N(Cc1cccc(Br)c1)C(=O)CN(c1ccc(Cl)cc1Cl)S(=O)(=O)c1ccccc1.